The Kier molecular flexibility index (Phi) is 8.14. The summed E-state index contributed by atoms with van der Waals surface area (Å²) < 4.78 is 37.7. The molecule has 0 unspecified atom stereocenters. The molecule has 0 bridgehead atoms. The summed E-state index contributed by atoms with van der Waals surface area (Å²) in [5, 5.41) is 6.37. The van der Waals surface area contributed by atoms with Crippen molar-refractivity contribution in [1.29, 1.82) is 0 Å². The van der Waals surface area contributed by atoms with Crippen molar-refractivity contribution < 1.29 is 22.8 Å². The number of aromatic nitrogens is 1. The van der Waals surface area contributed by atoms with Crippen molar-refractivity contribution in [2.75, 3.05) is 7.05 Å². The van der Waals surface area contributed by atoms with Gasteiger partial charge in [0.15, 0.2) is 0 Å². The average molecular weight is 460 g/mol. The number of para-hydroxylation sites is 1. The molecule has 1 saturated carbocycles. The van der Waals surface area contributed by atoms with Gasteiger partial charge in [0.05, 0.1) is 5.56 Å². The van der Waals surface area contributed by atoms with Crippen LogP contribution in [0.3, 0.4) is 0 Å². The minimum atomic E-state index is -4.34. The fourth-order valence-corrected chi connectivity index (χ4v) is 3.89. The van der Waals surface area contributed by atoms with Gasteiger partial charge in [-0.05, 0) is 42.7 Å². The standard InChI is InChI=1S/C15H18F3NO.C10H10N2O/c16-15(17,18)13-8-4-5-11(9-13)10-19-14(20)12-6-2-1-3-7-12;1-11-10(13)9-6-7-4-2-3-5-8(7)12-9/h4-5,8-9,12H,1-3,6-7,10H2,(H,19,20);2-6,12H,1H3,(H,11,13). The molecule has 8 heteroatoms. The summed E-state index contributed by atoms with van der Waals surface area (Å²) in [6, 6.07) is 14.7. The molecular formula is C25H28F3N3O2. The summed E-state index contributed by atoms with van der Waals surface area (Å²) in [5.74, 6) is -0.104. The van der Waals surface area contributed by atoms with Crippen LogP contribution in [0.4, 0.5) is 13.2 Å². The normalized spacial score (nSPS) is 14.3. The number of hydrogen-bond donors (Lipinski definition) is 3. The maximum Gasteiger partial charge on any atom is 0.416 e. The Hall–Kier alpha value is -3.29. The summed E-state index contributed by atoms with van der Waals surface area (Å²) in [6.45, 7) is 0.152. The number of alkyl halides is 3. The molecule has 1 aliphatic rings. The summed E-state index contributed by atoms with van der Waals surface area (Å²) in [7, 11) is 1.62. The molecule has 0 radical (unpaired) electrons. The number of benzene rings is 2. The summed E-state index contributed by atoms with van der Waals surface area (Å²) in [6.07, 6.45) is 0.701. The predicted molar refractivity (Wildman–Crippen MR) is 122 cm³/mol. The van der Waals surface area contributed by atoms with Gasteiger partial charge in [0.1, 0.15) is 5.69 Å². The van der Waals surface area contributed by atoms with Crippen LogP contribution in [0.1, 0.15) is 53.7 Å². The highest BCUT2D eigenvalue weighted by atomic mass is 19.4. The van der Waals surface area contributed by atoms with Gasteiger partial charge >= 0.3 is 6.18 Å². The van der Waals surface area contributed by atoms with Gasteiger partial charge in [0.2, 0.25) is 5.91 Å². The summed E-state index contributed by atoms with van der Waals surface area (Å²) >= 11 is 0. The third-order valence-electron chi connectivity index (χ3n) is 5.70. The van der Waals surface area contributed by atoms with Crippen molar-refractivity contribution in [3.8, 4) is 0 Å². The van der Waals surface area contributed by atoms with Crippen molar-refractivity contribution in [1.82, 2.24) is 15.6 Å². The molecule has 176 valence electrons. The van der Waals surface area contributed by atoms with E-state index in [1.54, 1.807) is 13.1 Å². The topological polar surface area (TPSA) is 74.0 Å². The number of nitrogens with one attached hydrogen (secondary N) is 3. The Morgan fingerprint density at radius 3 is 2.39 bits per heavy atom. The third-order valence-corrected chi connectivity index (χ3v) is 5.70. The molecule has 0 aliphatic heterocycles. The smallest absolute Gasteiger partial charge is 0.354 e. The number of fused-ring (bicyclic) bond motifs is 1. The van der Waals surface area contributed by atoms with Gasteiger partial charge in [-0.1, -0.05) is 49.6 Å². The number of rotatable bonds is 4. The zero-order chi connectivity index (χ0) is 23.8. The lowest BCUT2D eigenvalue weighted by Crippen LogP contribution is -2.31. The largest absolute Gasteiger partial charge is 0.416 e. The lowest BCUT2D eigenvalue weighted by molar-refractivity contribution is -0.137. The first kappa shape index (κ1) is 24.4. The van der Waals surface area contributed by atoms with Crippen LogP contribution in [0.15, 0.2) is 54.6 Å². The molecule has 1 aromatic heterocycles. The molecule has 5 nitrogen and oxygen atoms in total. The van der Waals surface area contributed by atoms with Gasteiger partial charge < -0.3 is 15.6 Å². The molecule has 3 N–H and O–H groups in total. The van der Waals surface area contributed by atoms with Crippen LogP contribution in [0.25, 0.3) is 10.9 Å². The minimum absolute atomic E-state index is 0.0227. The molecule has 1 fully saturated rings. The lowest BCUT2D eigenvalue weighted by atomic mass is 9.88. The molecule has 33 heavy (non-hydrogen) atoms. The Morgan fingerprint density at radius 1 is 1.00 bits per heavy atom. The highest BCUT2D eigenvalue weighted by Gasteiger charge is 2.30. The quantitative estimate of drug-likeness (QED) is 0.487. The molecule has 2 aromatic carbocycles. The summed E-state index contributed by atoms with van der Waals surface area (Å²) in [5.41, 5.74) is 1.38. The number of carbonyl (C=O) groups is 2. The van der Waals surface area contributed by atoms with E-state index in [1.807, 2.05) is 30.3 Å². The van der Waals surface area contributed by atoms with Crippen LogP contribution in [-0.2, 0) is 17.5 Å². The fourth-order valence-electron chi connectivity index (χ4n) is 3.89. The molecule has 2 amide bonds. The van der Waals surface area contributed by atoms with Gasteiger partial charge in [-0.25, -0.2) is 0 Å². The number of amides is 2. The van der Waals surface area contributed by atoms with Gasteiger partial charge in [-0.3, -0.25) is 9.59 Å². The van der Waals surface area contributed by atoms with Crippen LogP contribution >= 0.6 is 0 Å². The highest BCUT2D eigenvalue weighted by Crippen LogP contribution is 2.29. The van der Waals surface area contributed by atoms with Crippen LogP contribution in [0, 0.1) is 5.92 Å². The molecule has 1 aliphatic carbocycles. The summed E-state index contributed by atoms with van der Waals surface area (Å²) in [4.78, 5) is 26.2. The second kappa shape index (κ2) is 11.0. The maximum absolute atomic E-state index is 12.6. The second-order valence-corrected chi connectivity index (χ2v) is 8.10. The number of H-pyrrole nitrogens is 1. The van der Waals surface area contributed by atoms with E-state index < -0.39 is 11.7 Å². The van der Waals surface area contributed by atoms with E-state index in [-0.39, 0.29) is 24.3 Å². The van der Waals surface area contributed by atoms with Gasteiger partial charge in [0, 0.05) is 30.4 Å². The number of hydrogen-bond acceptors (Lipinski definition) is 2. The van der Waals surface area contributed by atoms with Crippen molar-refractivity contribution in [2.24, 2.45) is 5.92 Å². The second-order valence-electron chi connectivity index (χ2n) is 8.10. The van der Waals surface area contributed by atoms with Crippen LogP contribution < -0.4 is 10.6 Å². The Balaban J connectivity index is 0.000000203. The SMILES string of the molecule is CNC(=O)c1cc2ccccc2[nH]1.O=C(NCc1cccc(C(F)(F)F)c1)C1CCCCC1. The average Bonchev–Trinajstić information content (AvgIpc) is 3.27. The van der Waals surface area contributed by atoms with Crippen LogP contribution in [0.5, 0.6) is 0 Å². The number of carbonyl (C=O) groups excluding carboxylic acids is 2. The molecule has 1 heterocycles. The molecule has 3 aromatic rings. The van der Waals surface area contributed by atoms with E-state index in [9.17, 15) is 22.8 Å². The minimum Gasteiger partial charge on any atom is -0.354 e. The van der Waals surface area contributed by atoms with E-state index in [1.165, 1.54) is 6.07 Å². The molecule has 0 atom stereocenters. The van der Waals surface area contributed by atoms with Gasteiger partial charge in [0.25, 0.3) is 5.91 Å². The fraction of sp³-hybridized carbons (Fsp3) is 0.360. The zero-order valence-electron chi connectivity index (χ0n) is 18.5. The number of halogens is 3. The van der Waals surface area contributed by atoms with E-state index in [0.29, 0.717) is 11.3 Å². The molecular weight excluding hydrogens is 431 g/mol. The first-order valence-electron chi connectivity index (χ1n) is 11.0. The number of aromatic amines is 1. The third kappa shape index (κ3) is 6.84. The Labute approximate surface area is 190 Å². The first-order valence-corrected chi connectivity index (χ1v) is 11.0. The van der Waals surface area contributed by atoms with Crippen molar-refractivity contribution in [2.45, 2.75) is 44.8 Å². The van der Waals surface area contributed by atoms with E-state index in [0.717, 1.165) is 55.1 Å². The van der Waals surface area contributed by atoms with E-state index in [2.05, 4.69) is 15.6 Å². The molecule has 0 spiro atoms. The van der Waals surface area contributed by atoms with Crippen LogP contribution in [-0.4, -0.2) is 23.8 Å². The Bertz CT molecular complexity index is 1050. The monoisotopic (exact) mass is 459 g/mol. The van der Waals surface area contributed by atoms with E-state index in [4.69, 9.17) is 0 Å². The zero-order valence-corrected chi connectivity index (χ0v) is 18.5. The Morgan fingerprint density at radius 2 is 1.73 bits per heavy atom. The maximum atomic E-state index is 12.6. The van der Waals surface area contributed by atoms with Crippen molar-refractivity contribution >= 4 is 22.7 Å². The highest BCUT2D eigenvalue weighted by molar-refractivity contribution is 5.97. The molecule has 0 saturated heterocycles. The van der Waals surface area contributed by atoms with Gasteiger partial charge in [-0.2, -0.15) is 13.2 Å². The van der Waals surface area contributed by atoms with Gasteiger partial charge in [-0.15, -0.1) is 0 Å². The lowest BCUT2D eigenvalue weighted by Gasteiger charge is -2.20. The first-order chi connectivity index (χ1) is 15.8. The van der Waals surface area contributed by atoms with Crippen LogP contribution in [0.2, 0.25) is 0 Å². The van der Waals surface area contributed by atoms with Crippen molar-refractivity contribution in [3.05, 3.63) is 71.4 Å². The molecule has 4 rings (SSSR count). The predicted octanol–water partition coefficient (Wildman–Crippen LogP) is 5.43. The van der Waals surface area contributed by atoms with E-state index >= 15 is 0 Å². The van der Waals surface area contributed by atoms with Crippen molar-refractivity contribution in [3.63, 3.8) is 0 Å².